The monoisotopic (exact) mass is 352 g/mol. The predicted octanol–water partition coefficient (Wildman–Crippen LogP) is 5.11. The molecule has 0 aromatic heterocycles. The van der Waals surface area contributed by atoms with E-state index in [0.29, 0.717) is 12.4 Å². The molecule has 0 heterocycles. The van der Waals surface area contributed by atoms with Gasteiger partial charge < -0.3 is 9.47 Å². The lowest BCUT2D eigenvalue weighted by molar-refractivity contribution is 0.317. The van der Waals surface area contributed by atoms with Crippen molar-refractivity contribution < 1.29 is 13.9 Å². The third kappa shape index (κ3) is 3.97. The van der Waals surface area contributed by atoms with Crippen LogP contribution < -0.4 is 9.47 Å². The molecule has 2 aromatic rings. The molecule has 1 unspecified atom stereocenters. The zero-order valence-electron chi connectivity index (χ0n) is 12.1. The molecule has 1 atom stereocenters. The standard InChI is InChI=1S/C17H18BrFO2/c1-3-9-21-14-6-4-5-12(10-14)17(18)15-11-13(19)7-8-16(15)20-2/h4-8,10-11,17H,3,9H2,1-2H3. The maximum absolute atomic E-state index is 13.5. The maximum atomic E-state index is 13.5. The van der Waals surface area contributed by atoms with E-state index in [1.165, 1.54) is 12.1 Å². The quantitative estimate of drug-likeness (QED) is 0.672. The zero-order valence-corrected chi connectivity index (χ0v) is 13.7. The van der Waals surface area contributed by atoms with Crippen LogP contribution in [0, 0.1) is 5.82 Å². The summed E-state index contributed by atoms with van der Waals surface area (Å²) >= 11 is 3.62. The van der Waals surface area contributed by atoms with Crippen molar-refractivity contribution in [3.8, 4) is 11.5 Å². The lowest BCUT2D eigenvalue weighted by atomic mass is 10.0. The van der Waals surface area contributed by atoms with Gasteiger partial charge in [-0.05, 0) is 42.3 Å². The normalized spacial score (nSPS) is 12.0. The lowest BCUT2D eigenvalue weighted by Crippen LogP contribution is -2.00. The molecule has 0 radical (unpaired) electrons. The van der Waals surface area contributed by atoms with Gasteiger partial charge in [0.25, 0.3) is 0 Å². The molecular weight excluding hydrogens is 335 g/mol. The predicted molar refractivity (Wildman–Crippen MR) is 86.0 cm³/mol. The Kier molecular flexibility index (Phi) is 5.62. The SMILES string of the molecule is CCCOc1cccc(C(Br)c2cc(F)ccc2OC)c1. The van der Waals surface area contributed by atoms with Gasteiger partial charge in [-0.15, -0.1) is 0 Å². The fourth-order valence-electron chi connectivity index (χ4n) is 2.06. The molecule has 0 saturated heterocycles. The molecule has 21 heavy (non-hydrogen) atoms. The van der Waals surface area contributed by atoms with Crippen LogP contribution >= 0.6 is 15.9 Å². The van der Waals surface area contributed by atoms with Crippen molar-refractivity contribution in [3.05, 3.63) is 59.4 Å². The first-order valence-corrected chi connectivity index (χ1v) is 7.77. The molecule has 0 spiro atoms. The highest BCUT2D eigenvalue weighted by atomic mass is 79.9. The molecule has 0 aliphatic carbocycles. The highest BCUT2D eigenvalue weighted by molar-refractivity contribution is 9.09. The molecule has 0 amide bonds. The average Bonchev–Trinajstić information content (AvgIpc) is 2.52. The molecule has 0 aliphatic heterocycles. The molecular formula is C17H18BrFO2. The summed E-state index contributed by atoms with van der Waals surface area (Å²) in [4.78, 5) is -0.159. The summed E-state index contributed by atoms with van der Waals surface area (Å²) in [6.45, 7) is 2.74. The van der Waals surface area contributed by atoms with Crippen molar-refractivity contribution in [2.24, 2.45) is 0 Å². The van der Waals surface area contributed by atoms with E-state index in [9.17, 15) is 4.39 Å². The maximum Gasteiger partial charge on any atom is 0.123 e. The van der Waals surface area contributed by atoms with Crippen LogP contribution in [0.3, 0.4) is 0 Å². The lowest BCUT2D eigenvalue weighted by Gasteiger charge is -2.16. The number of alkyl halides is 1. The minimum absolute atomic E-state index is 0.159. The summed E-state index contributed by atoms with van der Waals surface area (Å²) in [5.41, 5.74) is 1.75. The molecule has 0 fully saturated rings. The third-order valence-corrected chi connectivity index (χ3v) is 4.11. The molecule has 4 heteroatoms. The third-order valence-electron chi connectivity index (χ3n) is 3.09. The first-order chi connectivity index (χ1) is 10.2. The number of rotatable bonds is 6. The smallest absolute Gasteiger partial charge is 0.123 e. The van der Waals surface area contributed by atoms with Gasteiger partial charge in [0.15, 0.2) is 0 Å². The first-order valence-electron chi connectivity index (χ1n) is 6.86. The van der Waals surface area contributed by atoms with Crippen LogP contribution in [0.2, 0.25) is 0 Å². The molecule has 2 nitrogen and oxygen atoms in total. The van der Waals surface area contributed by atoms with E-state index in [0.717, 1.165) is 23.3 Å². The van der Waals surface area contributed by atoms with Crippen molar-refractivity contribution >= 4 is 15.9 Å². The van der Waals surface area contributed by atoms with Gasteiger partial charge in [-0.25, -0.2) is 4.39 Å². The van der Waals surface area contributed by atoms with Crippen LogP contribution in [-0.2, 0) is 0 Å². The van der Waals surface area contributed by atoms with Crippen LogP contribution in [0.4, 0.5) is 4.39 Å². The van der Waals surface area contributed by atoms with Gasteiger partial charge in [0.05, 0.1) is 18.5 Å². The summed E-state index contributed by atoms with van der Waals surface area (Å²) in [7, 11) is 1.58. The largest absolute Gasteiger partial charge is 0.496 e. The van der Waals surface area contributed by atoms with Gasteiger partial charge in [-0.3, -0.25) is 0 Å². The van der Waals surface area contributed by atoms with E-state index in [-0.39, 0.29) is 10.6 Å². The van der Waals surface area contributed by atoms with Crippen LogP contribution in [0.1, 0.15) is 29.3 Å². The van der Waals surface area contributed by atoms with Crippen LogP contribution in [0.5, 0.6) is 11.5 Å². The van der Waals surface area contributed by atoms with Crippen LogP contribution in [0.15, 0.2) is 42.5 Å². The van der Waals surface area contributed by atoms with Gasteiger partial charge in [0, 0.05) is 5.56 Å². The summed E-state index contributed by atoms with van der Waals surface area (Å²) in [6.07, 6.45) is 0.958. The number of hydrogen-bond acceptors (Lipinski definition) is 2. The Morgan fingerprint density at radius 2 is 2.00 bits per heavy atom. The van der Waals surface area contributed by atoms with E-state index in [4.69, 9.17) is 9.47 Å². The van der Waals surface area contributed by atoms with Crippen LogP contribution in [-0.4, -0.2) is 13.7 Å². The summed E-state index contributed by atoms with van der Waals surface area (Å²) in [6, 6.07) is 12.3. The van der Waals surface area contributed by atoms with Crippen molar-refractivity contribution in [2.45, 2.75) is 18.2 Å². The van der Waals surface area contributed by atoms with Crippen molar-refractivity contribution in [3.63, 3.8) is 0 Å². The molecule has 0 saturated carbocycles. The molecule has 2 rings (SSSR count). The summed E-state index contributed by atoms with van der Waals surface area (Å²) in [5.74, 6) is 1.18. The fourth-order valence-corrected chi connectivity index (χ4v) is 2.71. The van der Waals surface area contributed by atoms with Crippen molar-refractivity contribution in [1.82, 2.24) is 0 Å². The average molecular weight is 353 g/mol. The van der Waals surface area contributed by atoms with Crippen molar-refractivity contribution in [1.29, 1.82) is 0 Å². The van der Waals surface area contributed by atoms with Gasteiger partial charge in [0.2, 0.25) is 0 Å². The van der Waals surface area contributed by atoms with E-state index in [1.54, 1.807) is 13.2 Å². The van der Waals surface area contributed by atoms with E-state index >= 15 is 0 Å². The number of methoxy groups -OCH3 is 1. The van der Waals surface area contributed by atoms with Gasteiger partial charge in [0.1, 0.15) is 17.3 Å². The highest BCUT2D eigenvalue weighted by Gasteiger charge is 2.16. The Labute approximate surface area is 133 Å². The Balaban J connectivity index is 2.31. The number of ether oxygens (including phenoxy) is 2. The Morgan fingerprint density at radius 3 is 2.71 bits per heavy atom. The topological polar surface area (TPSA) is 18.5 Å². The molecule has 2 aromatic carbocycles. The molecule has 0 aliphatic rings. The van der Waals surface area contributed by atoms with E-state index in [2.05, 4.69) is 22.9 Å². The second kappa shape index (κ2) is 7.46. The molecule has 0 bridgehead atoms. The minimum atomic E-state index is -0.284. The van der Waals surface area contributed by atoms with Gasteiger partial charge in [-0.1, -0.05) is 35.0 Å². The van der Waals surface area contributed by atoms with Crippen molar-refractivity contribution in [2.75, 3.05) is 13.7 Å². The minimum Gasteiger partial charge on any atom is -0.496 e. The Morgan fingerprint density at radius 1 is 1.19 bits per heavy atom. The highest BCUT2D eigenvalue weighted by Crippen LogP contribution is 2.37. The van der Waals surface area contributed by atoms with E-state index in [1.807, 2.05) is 24.3 Å². The zero-order chi connectivity index (χ0) is 15.2. The van der Waals surface area contributed by atoms with E-state index < -0.39 is 0 Å². The second-order valence-corrected chi connectivity index (χ2v) is 5.59. The number of benzene rings is 2. The first kappa shape index (κ1) is 15.8. The van der Waals surface area contributed by atoms with Crippen LogP contribution in [0.25, 0.3) is 0 Å². The Hall–Kier alpha value is -1.55. The number of hydrogen-bond donors (Lipinski definition) is 0. The Bertz CT molecular complexity index is 601. The van der Waals surface area contributed by atoms with Gasteiger partial charge in [-0.2, -0.15) is 0 Å². The summed E-state index contributed by atoms with van der Waals surface area (Å²) < 4.78 is 24.5. The number of halogens is 2. The molecule has 112 valence electrons. The van der Waals surface area contributed by atoms with Gasteiger partial charge >= 0.3 is 0 Å². The fraction of sp³-hybridized carbons (Fsp3) is 0.294. The molecule has 0 N–H and O–H groups in total. The second-order valence-electron chi connectivity index (χ2n) is 4.67. The summed E-state index contributed by atoms with van der Waals surface area (Å²) in [5, 5.41) is 0.